The van der Waals surface area contributed by atoms with Crippen molar-refractivity contribution >= 4 is 18.0 Å². The van der Waals surface area contributed by atoms with Gasteiger partial charge < -0.3 is 20.5 Å². The van der Waals surface area contributed by atoms with Crippen LogP contribution in [-0.4, -0.2) is 41.8 Å². The minimum Gasteiger partial charge on any atom is -0.481 e. The van der Waals surface area contributed by atoms with E-state index in [9.17, 15) is 19.5 Å². The predicted octanol–water partition coefficient (Wildman–Crippen LogP) is 4.46. The van der Waals surface area contributed by atoms with Gasteiger partial charge in [0.15, 0.2) is 0 Å². The summed E-state index contributed by atoms with van der Waals surface area (Å²) in [5.74, 6) is -1.95. The summed E-state index contributed by atoms with van der Waals surface area (Å²) in [6.45, 7) is 2.14. The molecule has 0 spiro atoms. The van der Waals surface area contributed by atoms with E-state index in [2.05, 4.69) is 34.9 Å². The van der Waals surface area contributed by atoms with Gasteiger partial charge in [0.05, 0.1) is 5.92 Å². The van der Waals surface area contributed by atoms with Crippen LogP contribution in [0.3, 0.4) is 0 Å². The molecule has 1 atom stereocenters. The van der Waals surface area contributed by atoms with Crippen LogP contribution in [0.5, 0.6) is 0 Å². The van der Waals surface area contributed by atoms with E-state index in [-0.39, 0.29) is 25.0 Å². The number of carboxylic acid groups (broad SMARTS) is 1. The first-order chi connectivity index (χ1) is 16.4. The molecule has 0 bridgehead atoms. The van der Waals surface area contributed by atoms with E-state index in [1.165, 1.54) is 0 Å². The van der Waals surface area contributed by atoms with Crippen molar-refractivity contribution in [1.82, 2.24) is 10.6 Å². The first kappa shape index (κ1) is 23.8. The molecule has 2 aliphatic carbocycles. The van der Waals surface area contributed by atoms with E-state index in [4.69, 9.17) is 4.74 Å². The topological polar surface area (TPSA) is 105 Å². The van der Waals surface area contributed by atoms with Crippen molar-refractivity contribution in [2.75, 3.05) is 13.2 Å². The van der Waals surface area contributed by atoms with Crippen LogP contribution in [-0.2, 0) is 14.3 Å². The second-order valence-corrected chi connectivity index (χ2v) is 9.27. The molecule has 3 N–H and O–H groups in total. The van der Waals surface area contributed by atoms with Crippen LogP contribution in [0.1, 0.15) is 62.5 Å². The van der Waals surface area contributed by atoms with Crippen molar-refractivity contribution in [2.45, 2.75) is 56.9 Å². The molecule has 1 fully saturated rings. The number of hydrogen-bond acceptors (Lipinski definition) is 4. The van der Waals surface area contributed by atoms with E-state index in [1.54, 1.807) is 0 Å². The molecule has 2 amide bonds. The Morgan fingerprint density at radius 3 is 2.18 bits per heavy atom. The lowest BCUT2D eigenvalue weighted by Crippen LogP contribution is -2.58. The molecule has 180 valence electrons. The number of fused-ring (bicyclic) bond motifs is 3. The number of benzene rings is 2. The Bertz CT molecular complexity index is 1010. The monoisotopic (exact) mass is 464 g/mol. The first-order valence-electron chi connectivity index (χ1n) is 12.1. The molecule has 0 heterocycles. The Morgan fingerprint density at radius 1 is 1.03 bits per heavy atom. The van der Waals surface area contributed by atoms with Gasteiger partial charge in [-0.15, -0.1) is 0 Å². The minimum absolute atomic E-state index is 0.0517. The van der Waals surface area contributed by atoms with E-state index >= 15 is 0 Å². The zero-order valence-electron chi connectivity index (χ0n) is 19.5. The van der Waals surface area contributed by atoms with Gasteiger partial charge >= 0.3 is 12.1 Å². The third kappa shape index (κ3) is 4.79. The fourth-order valence-corrected chi connectivity index (χ4v) is 5.26. The molecular formula is C27H32N2O5. The fraction of sp³-hybridized carbons (Fsp3) is 0.444. The van der Waals surface area contributed by atoms with Gasteiger partial charge in [0.1, 0.15) is 12.1 Å². The highest BCUT2D eigenvalue weighted by Crippen LogP contribution is 2.44. The zero-order chi connectivity index (χ0) is 24.1. The van der Waals surface area contributed by atoms with Crippen LogP contribution in [0.4, 0.5) is 4.79 Å². The lowest BCUT2D eigenvalue weighted by molar-refractivity contribution is -0.142. The molecule has 1 saturated carbocycles. The number of rotatable bonds is 9. The van der Waals surface area contributed by atoms with E-state index in [0.29, 0.717) is 19.3 Å². The van der Waals surface area contributed by atoms with Crippen molar-refractivity contribution in [2.24, 2.45) is 5.92 Å². The Morgan fingerprint density at radius 2 is 1.62 bits per heavy atom. The third-order valence-electron chi connectivity index (χ3n) is 7.07. The highest BCUT2D eigenvalue weighted by molar-refractivity contribution is 5.90. The lowest BCUT2D eigenvalue weighted by atomic mass is 9.95. The molecule has 7 nitrogen and oxygen atoms in total. The molecule has 0 radical (unpaired) electrons. The number of carboxylic acids is 1. The number of carbonyl (C=O) groups excluding carboxylic acids is 2. The molecule has 7 heteroatoms. The summed E-state index contributed by atoms with van der Waals surface area (Å²) in [7, 11) is 0. The number of hydrogen-bond donors (Lipinski definition) is 3. The highest BCUT2D eigenvalue weighted by atomic mass is 16.5. The van der Waals surface area contributed by atoms with Crippen LogP contribution in [0, 0.1) is 5.92 Å². The highest BCUT2D eigenvalue weighted by Gasteiger charge is 2.43. The maximum Gasteiger partial charge on any atom is 0.408 e. The molecule has 4 rings (SSSR count). The minimum atomic E-state index is -1.06. The normalized spacial score (nSPS) is 16.9. The molecule has 2 aromatic carbocycles. The van der Waals surface area contributed by atoms with Gasteiger partial charge in [0, 0.05) is 12.5 Å². The van der Waals surface area contributed by atoms with E-state index in [1.807, 2.05) is 31.2 Å². The van der Waals surface area contributed by atoms with Crippen molar-refractivity contribution < 1.29 is 24.2 Å². The number of nitrogens with one attached hydrogen (secondary N) is 2. The molecule has 2 aromatic rings. The van der Waals surface area contributed by atoms with Gasteiger partial charge in [-0.1, -0.05) is 74.7 Å². The van der Waals surface area contributed by atoms with Crippen LogP contribution < -0.4 is 10.6 Å². The van der Waals surface area contributed by atoms with Gasteiger partial charge in [0.25, 0.3) is 0 Å². The molecule has 34 heavy (non-hydrogen) atoms. The Labute approximate surface area is 199 Å². The fourth-order valence-electron chi connectivity index (χ4n) is 5.26. The molecular weight excluding hydrogens is 432 g/mol. The molecule has 0 saturated heterocycles. The SMILES string of the molecule is CCCC(CNC(=O)C1(NC(=O)OCC2c3ccccc3-c3ccccc32)CCCC1)C(=O)O. The number of carbonyl (C=O) groups is 3. The summed E-state index contributed by atoms with van der Waals surface area (Å²) in [4.78, 5) is 37.3. The van der Waals surface area contributed by atoms with Crippen molar-refractivity contribution in [1.29, 1.82) is 0 Å². The van der Waals surface area contributed by atoms with Gasteiger partial charge in [-0.3, -0.25) is 9.59 Å². The Kier molecular flexibility index (Phi) is 7.20. The summed E-state index contributed by atoms with van der Waals surface area (Å²) >= 11 is 0. The van der Waals surface area contributed by atoms with Crippen molar-refractivity contribution in [3.8, 4) is 11.1 Å². The van der Waals surface area contributed by atoms with Crippen molar-refractivity contribution in [3.05, 3.63) is 59.7 Å². The van der Waals surface area contributed by atoms with E-state index < -0.39 is 23.5 Å². The van der Waals surface area contributed by atoms with Crippen LogP contribution >= 0.6 is 0 Å². The maximum absolute atomic E-state index is 13.0. The van der Waals surface area contributed by atoms with E-state index in [0.717, 1.165) is 41.5 Å². The molecule has 0 aromatic heterocycles. The smallest absolute Gasteiger partial charge is 0.408 e. The van der Waals surface area contributed by atoms with Crippen LogP contribution in [0.25, 0.3) is 11.1 Å². The Hall–Kier alpha value is -3.35. The summed E-state index contributed by atoms with van der Waals surface area (Å²) in [6.07, 6.45) is 3.23. The average Bonchev–Trinajstić information content (AvgIpc) is 3.43. The Balaban J connectivity index is 1.40. The summed E-state index contributed by atoms with van der Waals surface area (Å²) in [6, 6.07) is 16.2. The van der Waals surface area contributed by atoms with Gasteiger partial charge in [-0.05, 0) is 41.5 Å². The number of ether oxygens (including phenoxy) is 1. The van der Waals surface area contributed by atoms with Gasteiger partial charge in [-0.2, -0.15) is 0 Å². The third-order valence-corrected chi connectivity index (χ3v) is 7.07. The quantitative estimate of drug-likeness (QED) is 0.508. The zero-order valence-corrected chi connectivity index (χ0v) is 19.5. The number of aliphatic carboxylic acids is 1. The van der Waals surface area contributed by atoms with Crippen LogP contribution in [0.15, 0.2) is 48.5 Å². The second-order valence-electron chi connectivity index (χ2n) is 9.27. The number of amides is 2. The maximum atomic E-state index is 13.0. The predicted molar refractivity (Wildman–Crippen MR) is 128 cm³/mol. The van der Waals surface area contributed by atoms with Gasteiger partial charge in [0.2, 0.25) is 5.91 Å². The second kappa shape index (κ2) is 10.3. The largest absolute Gasteiger partial charge is 0.481 e. The van der Waals surface area contributed by atoms with Crippen LogP contribution in [0.2, 0.25) is 0 Å². The lowest BCUT2D eigenvalue weighted by Gasteiger charge is -2.29. The average molecular weight is 465 g/mol. The summed E-state index contributed by atoms with van der Waals surface area (Å²) in [5.41, 5.74) is 3.50. The first-order valence-corrected chi connectivity index (χ1v) is 12.1. The molecule has 0 aliphatic heterocycles. The summed E-state index contributed by atoms with van der Waals surface area (Å²) < 4.78 is 5.66. The van der Waals surface area contributed by atoms with Gasteiger partial charge in [-0.25, -0.2) is 4.79 Å². The van der Waals surface area contributed by atoms with Crippen molar-refractivity contribution in [3.63, 3.8) is 0 Å². The summed E-state index contributed by atoms with van der Waals surface area (Å²) in [5, 5.41) is 15.0. The standard InChI is InChI=1S/C27H32N2O5/c1-2-9-18(24(30)31)16-28-25(32)27(14-7-8-15-27)29-26(33)34-17-23-21-12-5-3-10-19(21)20-11-4-6-13-22(20)23/h3-6,10-13,18,23H,2,7-9,14-17H2,1H3,(H,28,32)(H,29,33)(H,30,31). The molecule has 1 unspecified atom stereocenters. The number of alkyl carbamates (subject to hydrolysis) is 1. The molecule has 2 aliphatic rings.